The second kappa shape index (κ2) is 8.20. The standard InChI is InChI=1S/C18H19BrN2O4/c19-16-7-6-15(25-16)18(23)21-10-8-13(9-11-21)20-17(22)12-24-14-4-2-1-3-5-14/h1-7,13H,8-12H2,(H,20,22). The molecule has 0 radical (unpaired) electrons. The lowest BCUT2D eigenvalue weighted by molar-refractivity contribution is -0.124. The third-order valence-corrected chi connectivity index (χ3v) is 4.47. The summed E-state index contributed by atoms with van der Waals surface area (Å²) >= 11 is 3.20. The zero-order valence-electron chi connectivity index (χ0n) is 13.6. The van der Waals surface area contributed by atoms with Gasteiger partial charge in [0.15, 0.2) is 17.0 Å². The first kappa shape index (κ1) is 17.5. The number of carbonyl (C=O) groups excluding carboxylic acids is 2. The van der Waals surface area contributed by atoms with Crippen molar-refractivity contribution in [3.05, 3.63) is 52.9 Å². The monoisotopic (exact) mass is 406 g/mol. The Morgan fingerprint density at radius 2 is 1.88 bits per heavy atom. The number of nitrogens with zero attached hydrogens (tertiary/aromatic N) is 1. The SMILES string of the molecule is O=C(COc1ccccc1)NC1CCN(C(=O)c2ccc(Br)o2)CC1. The number of hydrogen-bond donors (Lipinski definition) is 1. The topological polar surface area (TPSA) is 71.8 Å². The van der Waals surface area contributed by atoms with Crippen molar-refractivity contribution in [3.8, 4) is 5.75 Å². The van der Waals surface area contributed by atoms with Gasteiger partial charge in [-0.2, -0.15) is 0 Å². The number of halogens is 1. The van der Waals surface area contributed by atoms with Crippen molar-refractivity contribution in [1.29, 1.82) is 0 Å². The number of rotatable bonds is 5. The molecule has 7 heteroatoms. The Hall–Kier alpha value is -2.28. The zero-order valence-corrected chi connectivity index (χ0v) is 15.2. The molecule has 6 nitrogen and oxygen atoms in total. The summed E-state index contributed by atoms with van der Waals surface area (Å²) < 4.78 is 11.3. The van der Waals surface area contributed by atoms with E-state index in [1.807, 2.05) is 30.3 Å². The van der Waals surface area contributed by atoms with Crippen molar-refractivity contribution in [2.24, 2.45) is 0 Å². The van der Waals surface area contributed by atoms with Gasteiger partial charge in [0.05, 0.1) is 0 Å². The molecule has 0 saturated carbocycles. The number of nitrogens with one attached hydrogen (secondary N) is 1. The number of ether oxygens (including phenoxy) is 1. The Morgan fingerprint density at radius 3 is 2.52 bits per heavy atom. The molecule has 2 aromatic rings. The zero-order chi connectivity index (χ0) is 17.6. The molecule has 1 aromatic heterocycles. The highest BCUT2D eigenvalue weighted by Gasteiger charge is 2.26. The van der Waals surface area contributed by atoms with Gasteiger partial charge in [-0.15, -0.1) is 0 Å². The van der Waals surface area contributed by atoms with Gasteiger partial charge in [0, 0.05) is 19.1 Å². The Morgan fingerprint density at radius 1 is 1.16 bits per heavy atom. The van der Waals surface area contributed by atoms with Crippen LogP contribution in [0.5, 0.6) is 5.75 Å². The molecule has 1 aromatic carbocycles. The molecule has 1 fully saturated rings. The van der Waals surface area contributed by atoms with E-state index in [2.05, 4.69) is 21.2 Å². The normalized spacial score (nSPS) is 15.0. The van der Waals surface area contributed by atoms with Crippen molar-refractivity contribution < 1.29 is 18.7 Å². The van der Waals surface area contributed by atoms with Crippen LogP contribution in [0.2, 0.25) is 0 Å². The van der Waals surface area contributed by atoms with Gasteiger partial charge < -0.3 is 19.4 Å². The van der Waals surface area contributed by atoms with Crippen LogP contribution in [0.3, 0.4) is 0 Å². The number of carbonyl (C=O) groups is 2. The van der Waals surface area contributed by atoms with Crippen LogP contribution in [0.1, 0.15) is 23.4 Å². The lowest BCUT2D eigenvalue weighted by atomic mass is 10.0. The molecule has 2 amide bonds. The van der Waals surface area contributed by atoms with Gasteiger partial charge in [0.1, 0.15) is 5.75 Å². The smallest absolute Gasteiger partial charge is 0.289 e. The van der Waals surface area contributed by atoms with Crippen LogP contribution in [-0.4, -0.2) is 42.5 Å². The summed E-state index contributed by atoms with van der Waals surface area (Å²) in [5.74, 6) is 0.722. The lowest BCUT2D eigenvalue weighted by Crippen LogP contribution is -2.47. The van der Waals surface area contributed by atoms with Gasteiger partial charge in [-0.1, -0.05) is 18.2 Å². The van der Waals surface area contributed by atoms with Crippen LogP contribution < -0.4 is 10.1 Å². The van der Waals surface area contributed by atoms with Crippen LogP contribution in [-0.2, 0) is 4.79 Å². The molecule has 0 bridgehead atoms. The maximum Gasteiger partial charge on any atom is 0.289 e. The Labute approximate surface area is 154 Å². The fourth-order valence-electron chi connectivity index (χ4n) is 2.75. The van der Waals surface area contributed by atoms with E-state index in [1.54, 1.807) is 17.0 Å². The first-order valence-electron chi connectivity index (χ1n) is 8.13. The molecule has 0 unspecified atom stereocenters. The predicted octanol–water partition coefficient (Wildman–Crippen LogP) is 2.84. The van der Waals surface area contributed by atoms with Crippen molar-refractivity contribution in [3.63, 3.8) is 0 Å². The molecule has 0 spiro atoms. The highest BCUT2D eigenvalue weighted by Crippen LogP contribution is 2.18. The largest absolute Gasteiger partial charge is 0.484 e. The Bertz CT molecular complexity index is 724. The fraction of sp³-hybridized carbons (Fsp3) is 0.333. The average molecular weight is 407 g/mol. The first-order valence-corrected chi connectivity index (χ1v) is 8.93. The summed E-state index contributed by atoms with van der Waals surface area (Å²) in [6, 6.07) is 12.6. The molecule has 1 aliphatic rings. The molecule has 132 valence electrons. The summed E-state index contributed by atoms with van der Waals surface area (Å²) in [6.07, 6.45) is 1.43. The molecule has 1 aliphatic heterocycles. The summed E-state index contributed by atoms with van der Waals surface area (Å²) in [7, 11) is 0. The second-order valence-corrected chi connectivity index (χ2v) is 6.62. The van der Waals surface area contributed by atoms with E-state index < -0.39 is 0 Å². The number of hydrogen-bond acceptors (Lipinski definition) is 4. The molecular weight excluding hydrogens is 388 g/mol. The summed E-state index contributed by atoms with van der Waals surface area (Å²) in [6.45, 7) is 1.16. The predicted molar refractivity (Wildman–Crippen MR) is 95.4 cm³/mol. The van der Waals surface area contributed by atoms with Crippen LogP contribution in [0, 0.1) is 0 Å². The number of amides is 2. The summed E-state index contributed by atoms with van der Waals surface area (Å²) in [5.41, 5.74) is 0. The van der Waals surface area contributed by atoms with E-state index in [-0.39, 0.29) is 24.5 Å². The molecule has 3 rings (SSSR count). The minimum absolute atomic E-state index is 0.0103. The van der Waals surface area contributed by atoms with E-state index in [4.69, 9.17) is 9.15 Å². The van der Waals surface area contributed by atoms with Gasteiger partial charge >= 0.3 is 0 Å². The molecule has 2 heterocycles. The van der Waals surface area contributed by atoms with Crippen LogP contribution in [0.25, 0.3) is 0 Å². The third kappa shape index (κ3) is 4.85. The van der Waals surface area contributed by atoms with E-state index in [0.29, 0.717) is 42.1 Å². The van der Waals surface area contributed by atoms with Gasteiger partial charge in [0.2, 0.25) is 0 Å². The molecular formula is C18H19BrN2O4. The molecule has 1 saturated heterocycles. The van der Waals surface area contributed by atoms with Gasteiger partial charge in [0.25, 0.3) is 11.8 Å². The van der Waals surface area contributed by atoms with Crippen molar-refractivity contribution in [1.82, 2.24) is 10.2 Å². The molecule has 0 atom stereocenters. The van der Waals surface area contributed by atoms with Crippen molar-refractivity contribution >= 4 is 27.7 Å². The number of para-hydroxylation sites is 1. The molecule has 1 N–H and O–H groups in total. The maximum absolute atomic E-state index is 12.3. The highest BCUT2D eigenvalue weighted by molar-refractivity contribution is 9.10. The van der Waals surface area contributed by atoms with E-state index in [1.165, 1.54) is 0 Å². The summed E-state index contributed by atoms with van der Waals surface area (Å²) in [4.78, 5) is 26.0. The maximum atomic E-state index is 12.3. The molecule has 0 aliphatic carbocycles. The Kier molecular flexibility index (Phi) is 5.75. The number of furan rings is 1. The Balaban J connectivity index is 1.41. The number of benzene rings is 1. The van der Waals surface area contributed by atoms with E-state index in [9.17, 15) is 9.59 Å². The fourth-order valence-corrected chi connectivity index (χ4v) is 3.05. The quantitative estimate of drug-likeness (QED) is 0.828. The molecule has 25 heavy (non-hydrogen) atoms. The first-order chi connectivity index (χ1) is 12.1. The van der Waals surface area contributed by atoms with Crippen molar-refractivity contribution in [2.45, 2.75) is 18.9 Å². The number of piperidine rings is 1. The van der Waals surface area contributed by atoms with Gasteiger partial charge in [-0.05, 0) is 53.0 Å². The van der Waals surface area contributed by atoms with E-state index in [0.717, 1.165) is 0 Å². The minimum atomic E-state index is -0.149. The van der Waals surface area contributed by atoms with E-state index >= 15 is 0 Å². The van der Waals surface area contributed by atoms with Crippen molar-refractivity contribution in [2.75, 3.05) is 19.7 Å². The summed E-state index contributed by atoms with van der Waals surface area (Å²) in [5, 5.41) is 2.96. The second-order valence-electron chi connectivity index (χ2n) is 5.84. The van der Waals surface area contributed by atoms with Gasteiger partial charge in [-0.25, -0.2) is 0 Å². The van der Waals surface area contributed by atoms with Crippen LogP contribution in [0.4, 0.5) is 0 Å². The van der Waals surface area contributed by atoms with Crippen LogP contribution >= 0.6 is 15.9 Å². The van der Waals surface area contributed by atoms with Gasteiger partial charge in [-0.3, -0.25) is 9.59 Å². The van der Waals surface area contributed by atoms with Crippen LogP contribution in [0.15, 0.2) is 51.6 Å². The lowest BCUT2D eigenvalue weighted by Gasteiger charge is -2.31. The number of likely N-dealkylation sites (tertiary alicyclic amines) is 1. The minimum Gasteiger partial charge on any atom is -0.484 e. The highest BCUT2D eigenvalue weighted by atomic mass is 79.9. The third-order valence-electron chi connectivity index (χ3n) is 4.04. The average Bonchev–Trinajstić information content (AvgIpc) is 3.07.